The smallest absolute Gasteiger partial charge is 0.359 e. The fraction of sp³-hybridized carbons (Fsp3) is 0.217. The second-order valence-corrected chi connectivity index (χ2v) is 8.97. The number of ether oxygens (including phenoxy) is 1. The van der Waals surface area contributed by atoms with Gasteiger partial charge in [-0.05, 0) is 21.6 Å². The monoisotopic (exact) mass is 492 g/mol. The molecule has 0 aliphatic carbocycles. The normalized spacial score (nSPS) is 19.2. The second kappa shape index (κ2) is 9.58. The van der Waals surface area contributed by atoms with Gasteiger partial charge in [0.25, 0.3) is 5.91 Å². The molecule has 2 aliphatic heterocycles. The number of carbonyl (C=O) groups is 3. The number of fused-ring (bicyclic) bond motifs is 1. The van der Waals surface area contributed by atoms with Gasteiger partial charge < -0.3 is 15.2 Å². The molecule has 2 amide bonds. The van der Waals surface area contributed by atoms with Gasteiger partial charge in [-0.25, -0.2) is 9.48 Å². The minimum Gasteiger partial charge on any atom is -0.509 e. The highest BCUT2D eigenvalue weighted by Gasteiger charge is 2.55. The lowest BCUT2D eigenvalue weighted by Crippen LogP contribution is -2.70. The molecule has 5 rings (SSSR count). The van der Waals surface area contributed by atoms with Crippen LogP contribution in [0.2, 0.25) is 0 Å². The molecular formula is C23H20N6O5S. The van der Waals surface area contributed by atoms with Gasteiger partial charge in [-0.2, -0.15) is 0 Å². The second-order valence-electron chi connectivity index (χ2n) is 7.86. The first-order valence-corrected chi connectivity index (χ1v) is 11.8. The predicted molar refractivity (Wildman–Crippen MR) is 123 cm³/mol. The molecule has 2 N–H and O–H groups in total. The third kappa shape index (κ3) is 4.47. The molecule has 0 saturated carbocycles. The van der Waals surface area contributed by atoms with Gasteiger partial charge >= 0.3 is 5.97 Å². The molecule has 3 heterocycles. The van der Waals surface area contributed by atoms with E-state index in [-0.39, 0.29) is 23.8 Å². The number of aliphatic hydroxyl groups excluding tert-OH is 1. The number of hydrogen-bond acceptors (Lipinski definition) is 9. The standard InChI is InChI=1S/C23H20N6O5S/c30-16-12-35-22-18(25-17(31)11-28-13-24-26-27-28)21(32)29(22)19(16)23(33)34-20(14-7-3-1-4-8-14)15-9-5-2-6-10-15/h1-10,13,18,20,22,30H,11-12H2,(H,25,31)/t18-,22-/m1/s1. The van der Waals surface area contributed by atoms with Crippen molar-refractivity contribution in [2.75, 3.05) is 5.75 Å². The summed E-state index contributed by atoms with van der Waals surface area (Å²) in [6.07, 6.45) is 0.552. The molecule has 0 radical (unpaired) electrons. The van der Waals surface area contributed by atoms with Crippen molar-refractivity contribution in [3.05, 3.63) is 89.6 Å². The number of carbonyl (C=O) groups excluding carboxylic acids is 3. The number of nitrogens with one attached hydrogen (secondary N) is 1. The van der Waals surface area contributed by atoms with Gasteiger partial charge in [0.1, 0.15) is 30.0 Å². The zero-order chi connectivity index (χ0) is 24.4. The Morgan fingerprint density at radius 1 is 1.11 bits per heavy atom. The summed E-state index contributed by atoms with van der Waals surface area (Å²) in [6, 6.07) is 17.6. The Hall–Kier alpha value is -4.19. The van der Waals surface area contributed by atoms with E-state index < -0.39 is 35.3 Å². The lowest BCUT2D eigenvalue weighted by molar-refractivity contribution is -0.155. The van der Waals surface area contributed by atoms with Gasteiger partial charge in [0.15, 0.2) is 11.8 Å². The van der Waals surface area contributed by atoms with E-state index in [0.29, 0.717) is 0 Å². The Labute approximate surface area is 203 Å². The highest BCUT2D eigenvalue weighted by Crippen LogP contribution is 2.40. The Morgan fingerprint density at radius 3 is 2.37 bits per heavy atom. The number of rotatable bonds is 7. The number of aromatic nitrogens is 4. The fourth-order valence-corrected chi connectivity index (χ4v) is 5.16. The number of amides is 2. The molecule has 35 heavy (non-hydrogen) atoms. The van der Waals surface area contributed by atoms with Crippen LogP contribution in [0.3, 0.4) is 0 Å². The van der Waals surface area contributed by atoms with E-state index in [1.54, 1.807) is 0 Å². The van der Waals surface area contributed by atoms with Gasteiger partial charge in [0, 0.05) is 0 Å². The van der Waals surface area contributed by atoms with E-state index in [1.807, 2.05) is 60.7 Å². The van der Waals surface area contributed by atoms with Gasteiger partial charge in [0.2, 0.25) is 5.91 Å². The van der Waals surface area contributed by atoms with Crippen LogP contribution in [0.25, 0.3) is 0 Å². The van der Waals surface area contributed by atoms with Crippen LogP contribution >= 0.6 is 11.8 Å². The number of thioether (sulfide) groups is 1. The molecule has 1 saturated heterocycles. The number of tetrazole rings is 1. The minimum absolute atomic E-state index is 0.0968. The zero-order valence-electron chi connectivity index (χ0n) is 18.2. The maximum Gasteiger partial charge on any atom is 0.359 e. The molecule has 1 aromatic heterocycles. The maximum atomic E-state index is 13.3. The molecule has 12 heteroatoms. The van der Waals surface area contributed by atoms with Crippen molar-refractivity contribution in [3.63, 3.8) is 0 Å². The highest BCUT2D eigenvalue weighted by atomic mass is 32.2. The van der Waals surface area contributed by atoms with Crippen molar-refractivity contribution < 1.29 is 24.2 Å². The van der Waals surface area contributed by atoms with Crippen molar-refractivity contribution in [1.29, 1.82) is 0 Å². The minimum atomic E-state index is -0.848. The Balaban J connectivity index is 1.33. The molecule has 2 aliphatic rings. The summed E-state index contributed by atoms with van der Waals surface area (Å²) in [5.41, 5.74) is 1.29. The molecule has 2 atom stereocenters. The van der Waals surface area contributed by atoms with Crippen LogP contribution < -0.4 is 5.32 Å². The van der Waals surface area contributed by atoms with E-state index in [1.165, 1.54) is 27.7 Å². The van der Waals surface area contributed by atoms with Crippen LogP contribution in [0.4, 0.5) is 0 Å². The molecule has 2 aromatic carbocycles. The van der Waals surface area contributed by atoms with Crippen LogP contribution in [0.5, 0.6) is 0 Å². The third-order valence-electron chi connectivity index (χ3n) is 5.58. The van der Waals surface area contributed by atoms with Crippen molar-refractivity contribution in [2.24, 2.45) is 0 Å². The van der Waals surface area contributed by atoms with Crippen LogP contribution in [0.15, 0.2) is 78.4 Å². The van der Waals surface area contributed by atoms with E-state index in [2.05, 4.69) is 20.8 Å². The summed E-state index contributed by atoms with van der Waals surface area (Å²) in [6.45, 7) is -0.153. The lowest BCUT2D eigenvalue weighted by Gasteiger charge is -2.48. The van der Waals surface area contributed by atoms with E-state index in [4.69, 9.17) is 4.74 Å². The quantitative estimate of drug-likeness (QED) is 0.367. The predicted octanol–water partition coefficient (Wildman–Crippen LogP) is 1.18. The van der Waals surface area contributed by atoms with E-state index in [9.17, 15) is 19.5 Å². The summed E-state index contributed by atoms with van der Waals surface area (Å²) in [5, 5.41) is 23.2. The molecule has 0 bridgehead atoms. The fourth-order valence-electron chi connectivity index (χ4n) is 3.96. The number of benzene rings is 2. The summed E-state index contributed by atoms with van der Waals surface area (Å²) in [4.78, 5) is 39.7. The Bertz CT molecular complexity index is 1230. The molecule has 11 nitrogen and oxygen atoms in total. The molecular weight excluding hydrogens is 472 g/mol. The van der Waals surface area contributed by atoms with Gasteiger partial charge in [-0.1, -0.05) is 60.7 Å². The van der Waals surface area contributed by atoms with Crippen molar-refractivity contribution in [1.82, 2.24) is 30.4 Å². The van der Waals surface area contributed by atoms with Gasteiger partial charge in [-0.15, -0.1) is 16.9 Å². The third-order valence-corrected chi connectivity index (χ3v) is 6.85. The average Bonchev–Trinajstić information content (AvgIpc) is 3.39. The average molecular weight is 493 g/mol. The zero-order valence-corrected chi connectivity index (χ0v) is 19.0. The first-order valence-electron chi connectivity index (χ1n) is 10.7. The SMILES string of the molecule is O=C(Cn1cnnn1)N[C@@H]1C(=O)N2C(C(=O)OC(c3ccccc3)c3ccccc3)=C(O)CS[C@H]12. The summed E-state index contributed by atoms with van der Waals surface area (Å²) in [7, 11) is 0. The summed E-state index contributed by atoms with van der Waals surface area (Å²) < 4.78 is 7.08. The molecule has 0 spiro atoms. The van der Waals surface area contributed by atoms with Crippen LogP contribution in [-0.4, -0.2) is 65.2 Å². The van der Waals surface area contributed by atoms with Crippen molar-refractivity contribution in [2.45, 2.75) is 24.1 Å². The lowest BCUT2D eigenvalue weighted by atomic mass is 10.0. The van der Waals surface area contributed by atoms with Gasteiger partial charge in [0.05, 0.1) is 5.75 Å². The Kier molecular flexibility index (Phi) is 6.19. The molecule has 0 unspecified atom stereocenters. The van der Waals surface area contributed by atoms with Crippen molar-refractivity contribution in [3.8, 4) is 0 Å². The number of β-lactam (4-membered cyclic amide) rings is 1. The number of nitrogens with zero attached hydrogens (tertiary/aromatic N) is 5. The summed E-state index contributed by atoms with van der Waals surface area (Å²) in [5.74, 6) is -1.94. The topological polar surface area (TPSA) is 140 Å². The van der Waals surface area contributed by atoms with E-state index >= 15 is 0 Å². The van der Waals surface area contributed by atoms with Crippen LogP contribution in [-0.2, 0) is 25.7 Å². The number of hydrogen-bond donors (Lipinski definition) is 2. The molecule has 1 fully saturated rings. The first kappa shape index (κ1) is 22.6. The molecule has 3 aromatic rings. The summed E-state index contributed by atoms with van der Waals surface area (Å²) >= 11 is 1.24. The highest BCUT2D eigenvalue weighted by molar-refractivity contribution is 8.00. The number of esters is 1. The van der Waals surface area contributed by atoms with Crippen LogP contribution in [0.1, 0.15) is 17.2 Å². The first-order chi connectivity index (χ1) is 17.0. The Morgan fingerprint density at radius 2 is 1.77 bits per heavy atom. The largest absolute Gasteiger partial charge is 0.509 e. The van der Waals surface area contributed by atoms with Gasteiger partial charge in [-0.3, -0.25) is 14.5 Å². The molecule has 178 valence electrons. The maximum absolute atomic E-state index is 13.3. The van der Waals surface area contributed by atoms with E-state index in [0.717, 1.165) is 11.1 Å². The number of aliphatic hydroxyl groups is 1. The van der Waals surface area contributed by atoms with Crippen LogP contribution in [0, 0.1) is 0 Å². The van der Waals surface area contributed by atoms with Crippen molar-refractivity contribution >= 4 is 29.5 Å².